The molecule has 1 aromatic heterocycles. The van der Waals surface area contributed by atoms with Crippen LogP contribution in [0.1, 0.15) is 63.2 Å². The summed E-state index contributed by atoms with van der Waals surface area (Å²) in [5, 5.41) is 21.7. The number of nitrogens with one attached hydrogen (secondary N) is 3. The molecule has 1 aliphatic heterocycles. The Hall–Kier alpha value is -3.23. The number of carbonyl (C=O) groups is 1. The quantitative estimate of drug-likeness (QED) is 0.245. The number of benzene rings is 2. The van der Waals surface area contributed by atoms with Gasteiger partial charge in [-0.1, -0.05) is 58.3 Å². The Bertz CT molecular complexity index is 1370. The third-order valence-electron chi connectivity index (χ3n) is 6.10. The van der Waals surface area contributed by atoms with Gasteiger partial charge >= 0.3 is 0 Å². The summed E-state index contributed by atoms with van der Waals surface area (Å²) in [7, 11) is -0.539. The van der Waals surface area contributed by atoms with Crippen molar-refractivity contribution < 1.29 is 9.90 Å². The average Bonchev–Trinajstić information content (AvgIpc) is 3.47. The summed E-state index contributed by atoms with van der Waals surface area (Å²) in [5.41, 5.74) is 3.93. The van der Waals surface area contributed by atoms with Gasteiger partial charge in [-0.2, -0.15) is 0 Å². The van der Waals surface area contributed by atoms with Gasteiger partial charge in [-0.05, 0) is 58.7 Å². The minimum absolute atomic E-state index is 0.281. The SMILES string of the molecule is CC(C)(C)c1cc(NC(=O)c2csc(-c3ccc(NCC4=CC=CS4=N)cc3)n2)cc(C(C)(C)C)c1O. The van der Waals surface area contributed by atoms with Crippen molar-refractivity contribution in [3.63, 3.8) is 0 Å². The Morgan fingerprint density at radius 3 is 2.19 bits per heavy atom. The lowest BCUT2D eigenvalue weighted by Crippen LogP contribution is -2.19. The molecule has 0 saturated heterocycles. The highest BCUT2D eigenvalue weighted by Gasteiger charge is 2.27. The molecule has 1 unspecified atom stereocenters. The molecule has 0 aliphatic carbocycles. The first-order valence-electron chi connectivity index (χ1n) is 12.1. The van der Waals surface area contributed by atoms with Crippen LogP contribution in [0, 0.1) is 4.78 Å². The fraction of sp³-hybridized carbons (Fsp3) is 0.310. The van der Waals surface area contributed by atoms with E-state index in [4.69, 9.17) is 4.78 Å². The number of phenols is 1. The molecule has 37 heavy (non-hydrogen) atoms. The number of hydrogen-bond donors (Lipinski definition) is 4. The van der Waals surface area contributed by atoms with Crippen LogP contribution in [0.4, 0.5) is 11.4 Å². The maximum atomic E-state index is 13.1. The lowest BCUT2D eigenvalue weighted by molar-refractivity contribution is 0.102. The van der Waals surface area contributed by atoms with Crippen molar-refractivity contribution in [2.45, 2.75) is 52.4 Å². The van der Waals surface area contributed by atoms with E-state index in [1.54, 1.807) is 5.38 Å². The van der Waals surface area contributed by atoms with Gasteiger partial charge in [0.15, 0.2) is 0 Å². The number of amides is 1. The molecule has 6 nitrogen and oxygen atoms in total. The minimum atomic E-state index is -0.539. The van der Waals surface area contributed by atoms with Crippen molar-refractivity contribution in [3.05, 3.63) is 81.1 Å². The first-order chi connectivity index (χ1) is 17.3. The molecule has 1 atom stereocenters. The molecule has 194 valence electrons. The molecule has 0 saturated carbocycles. The molecule has 2 aromatic carbocycles. The van der Waals surface area contributed by atoms with Crippen LogP contribution >= 0.6 is 11.3 Å². The molecule has 1 amide bonds. The normalized spacial score (nSPS) is 15.5. The van der Waals surface area contributed by atoms with E-state index in [1.807, 2.05) is 95.5 Å². The average molecular weight is 535 g/mol. The molecule has 3 aromatic rings. The van der Waals surface area contributed by atoms with Gasteiger partial charge in [0.25, 0.3) is 5.91 Å². The lowest BCUT2D eigenvalue weighted by Gasteiger charge is -2.28. The van der Waals surface area contributed by atoms with Crippen LogP contribution in [-0.4, -0.2) is 22.5 Å². The molecule has 4 N–H and O–H groups in total. The van der Waals surface area contributed by atoms with Gasteiger partial charge in [-0.25, -0.2) is 4.98 Å². The zero-order valence-corrected chi connectivity index (χ0v) is 23.7. The second-order valence-corrected chi connectivity index (χ2v) is 13.5. The second kappa shape index (κ2) is 10.3. The van der Waals surface area contributed by atoms with Crippen molar-refractivity contribution >= 4 is 39.3 Å². The van der Waals surface area contributed by atoms with Crippen molar-refractivity contribution in [1.29, 1.82) is 4.78 Å². The van der Waals surface area contributed by atoms with E-state index < -0.39 is 10.7 Å². The molecule has 0 spiro atoms. The number of aromatic nitrogens is 1. The molecule has 0 bridgehead atoms. The largest absolute Gasteiger partial charge is 0.507 e. The first-order valence-corrected chi connectivity index (χ1v) is 14.3. The summed E-state index contributed by atoms with van der Waals surface area (Å²) in [6.45, 7) is 12.9. The van der Waals surface area contributed by atoms with E-state index in [1.165, 1.54) is 11.3 Å². The number of aromatic hydroxyl groups is 1. The van der Waals surface area contributed by atoms with Gasteiger partial charge in [-0.15, -0.1) is 11.3 Å². The van der Waals surface area contributed by atoms with Crippen LogP contribution < -0.4 is 10.6 Å². The number of thiazole rings is 1. The maximum Gasteiger partial charge on any atom is 0.275 e. The molecule has 8 heteroatoms. The van der Waals surface area contributed by atoms with Gasteiger partial charge in [0.2, 0.25) is 0 Å². The molecular formula is C29H34N4O2S2. The molecule has 1 aliphatic rings. The van der Waals surface area contributed by atoms with Gasteiger partial charge in [0.1, 0.15) is 16.5 Å². The van der Waals surface area contributed by atoms with Gasteiger partial charge < -0.3 is 15.7 Å². The van der Waals surface area contributed by atoms with E-state index in [9.17, 15) is 9.90 Å². The van der Waals surface area contributed by atoms with Crippen molar-refractivity contribution in [2.75, 3.05) is 17.2 Å². The van der Waals surface area contributed by atoms with E-state index >= 15 is 0 Å². The highest BCUT2D eigenvalue weighted by Crippen LogP contribution is 2.41. The maximum absolute atomic E-state index is 13.1. The number of rotatable bonds is 6. The third kappa shape index (κ3) is 6.19. The third-order valence-corrected chi connectivity index (χ3v) is 8.26. The monoisotopic (exact) mass is 534 g/mol. The van der Waals surface area contributed by atoms with Gasteiger partial charge in [0.05, 0.1) is 0 Å². The molecule has 4 rings (SSSR count). The smallest absolute Gasteiger partial charge is 0.275 e. The van der Waals surface area contributed by atoms with Gasteiger partial charge in [-0.3, -0.25) is 9.57 Å². The predicted molar refractivity (Wildman–Crippen MR) is 157 cm³/mol. The Labute approximate surface area is 225 Å². The molecular weight excluding hydrogens is 500 g/mol. The number of carbonyl (C=O) groups excluding carboxylic acids is 1. The summed E-state index contributed by atoms with van der Waals surface area (Å²) >= 11 is 1.43. The van der Waals surface area contributed by atoms with E-state index in [0.29, 0.717) is 17.9 Å². The van der Waals surface area contributed by atoms with Crippen LogP contribution in [0.5, 0.6) is 5.75 Å². The number of phenolic OH excluding ortho intramolecular Hbond substituents is 1. The number of allylic oxidation sites excluding steroid dienone is 2. The number of anilines is 2. The Morgan fingerprint density at radius 1 is 1.03 bits per heavy atom. The standard InChI is InChI=1S/C29H34N4O2S2/c1-28(2,3)22-14-20(15-23(25(22)34)29(4,5)6)32-26(35)24-17-36-27(33-24)18-9-11-19(12-10-18)31-16-21-8-7-13-37(21)30/h7-15,17,30-31,34H,16H2,1-6H3,(H,32,35). The van der Waals surface area contributed by atoms with E-state index in [2.05, 4.69) is 15.6 Å². The minimum Gasteiger partial charge on any atom is -0.507 e. The number of hydrogen-bond acceptors (Lipinski definition) is 6. The molecule has 2 heterocycles. The summed E-state index contributed by atoms with van der Waals surface area (Å²) in [6.07, 6.45) is 3.92. The number of nitrogens with zero attached hydrogens (tertiary/aromatic N) is 1. The summed E-state index contributed by atoms with van der Waals surface area (Å²) < 4.78 is 7.98. The Balaban J connectivity index is 1.49. The fourth-order valence-corrected chi connectivity index (χ4v) is 5.67. The Morgan fingerprint density at radius 2 is 1.65 bits per heavy atom. The summed E-state index contributed by atoms with van der Waals surface area (Å²) in [6, 6.07) is 11.6. The zero-order chi connectivity index (χ0) is 27.0. The fourth-order valence-electron chi connectivity index (χ4n) is 4.00. The van der Waals surface area contributed by atoms with Crippen LogP contribution in [0.3, 0.4) is 0 Å². The van der Waals surface area contributed by atoms with Crippen LogP contribution in [-0.2, 0) is 21.5 Å². The topological polar surface area (TPSA) is 98.1 Å². The zero-order valence-electron chi connectivity index (χ0n) is 22.1. The summed E-state index contributed by atoms with van der Waals surface area (Å²) in [4.78, 5) is 18.7. The lowest BCUT2D eigenvalue weighted by atomic mass is 9.79. The van der Waals surface area contributed by atoms with Gasteiger partial charge in [0, 0.05) is 44.9 Å². The van der Waals surface area contributed by atoms with E-state index in [-0.39, 0.29) is 22.5 Å². The van der Waals surface area contributed by atoms with Crippen LogP contribution in [0.15, 0.2) is 64.2 Å². The molecule has 0 fully saturated rings. The highest BCUT2D eigenvalue weighted by molar-refractivity contribution is 7.93. The van der Waals surface area contributed by atoms with Crippen molar-refractivity contribution in [3.8, 4) is 16.3 Å². The Kier molecular flexibility index (Phi) is 7.44. The van der Waals surface area contributed by atoms with Crippen LogP contribution in [0.2, 0.25) is 0 Å². The van der Waals surface area contributed by atoms with Crippen molar-refractivity contribution in [2.24, 2.45) is 0 Å². The second-order valence-electron chi connectivity index (χ2n) is 11.1. The van der Waals surface area contributed by atoms with Crippen molar-refractivity contribution in [1.82, 2.24) is 4.98 Å². The highest BCUT2D eigenvalue weighted by atomic mass is 32.2. The first kappa shape index (κ1) is 26.8. The molecule has 0 radical (unpaired) electrons. The van der Waals surface area contributed by atoms with Crippen LogP contribution in [0.25, 0.3) is 10.6 Å². The predicted octanol–water partition coefficient (Wildman–Crippen LogP) is 7.57. The van der Waals surface area contributed by atoms with E-state index in [0.717, 1.165) is 32.3 Å². The summed E-state index contributed by atoms with van der Waals surface area (Å²) in [5.74, 6) is -0.00105.